The highest BCUT2D eigenvalue weighted by Crippen LogP contribution is 2.43. The van der Waals surface area contributed by atoms with Gasteiger partial charge in [0.15, 0.2) is 0 Å². The summed E-state index contributed by atoms with van der Waals surface area (Å²) in [5, 5.41) is 2.81. The molecule has 2 N–H and O–H groups in total. The summed E-state index contributed by atoms with van der Waals surface area (Å²) >= 11 is 0. The Morgan fingerprint density at radius 3 is 2.66 bits per heavy atom. The van der Waals surface area contributed by atoms with Crippen molar-refractivity contribution in [1.29, 1.82) is 0 Å². The largest absolute Gasteiger partial charge is 0.497 e. The molecule has 2 heterocycles. The minimum atomic E-state index is -1.27. The van der Waals surface area contributed by atoms with Crippen molar-refractivity contribution in [2.45, 2.75) is 56.5 Å². The maximum absolute atomic E-state index is 13.8. The van der Waals surface area contributed by atoms with Crippen molar-refractivity contribution in [2.24, 2.45) is 0 Å². The molecule has 0 bridgehead atoms. The number of rotatable bonds is 7. The second-order valence-electron chi connectivity index (χ2n) is 9.29. The molecule has 1 aliphatic heterocycles. The van der Waals surface area contributed by atoms with Crippen LogP contribution >= 0.6 is 0 Å². The molecule has 3 amide bonds. The molecule has 5 rings (SSSR count). The van der Waals surface area contributed by atoms with Gasteiger partial charge in [-0.1, -0.05) is 25.0 Å². The van der Waals surface area contributed by atoms with Gasteiger partial charge < -0.3 is 15.0 Å². The van der Waals surface area contributed by atoms with E-state index in [4.69, 9.17) is 4.74 Å². The second-order valence-corrected chi connectivity index (χ2v) is 9.29. The number of H-pyrrole nitrogens is 1. The fraction of sp³-hybridized carbons (Fsp3) is 0.385. The molecular weight excluding hydrogens is 451 g/mol. The molecule has 1 aliphatic carbocycles. The van der Waals surface area contributed by atoms with Crippen LogP contribution in [0.2, 0.25) is 0 Å². The smallest absolute Gasteiger partial charge is 0.241 e. The lowest BCUT2D eigenvalue weighted by Crippen LogP contribution is -2.45. The normalized spacial score (nSPS) is 20.7. The summed E-state index contributed by atoms with van der Waals surface area (Å²) in [7, 11) is 1.55. The molecule has 0 radical (unpaired) electrons. The molecule has 9 heteroatoms. The predicted molar refractivity (Wildman–Crippen MR) is 126 cm³/mol. The number of hydrogen-bond donors (Lipinski definition) is 2. The Bertz CT molecular complexity index is 1280. The van der Waals surface area contributed by atoms with E-state index < -0.39 is 5.41 Å². The van der Waals surface area contributed by atoms with Crippen LogP contribution in [-0.4, -0.2) is 45.7 Å². The zero-order valence-electron chi connectivity index (χ0n) is 19.5. The number of likely N-dealkylation sites (tertiary alicyclic amines) is 1. The van der Waals surface area contributed by atoms with Gasteiger partial charge in [-0.15, -0.1) is 0 Å². The van der Waals surface area contributed by atoms with Gasteiger partial charge in [0.1, 0.15) is 17.4 Å². The van der Waals surface area contributed by atoms with Crippen molar-refractivity contribution >= 4 is 28.8 Å². The molecule has 182 valence electrons. The zero-order valence-corrected chi connectivity index (χ0v) is 19.5. The average molecular weight is 479 g/mol. The van der Waals surface area contributed by atoms with Gasteiger partial charge in [-0.25, -0.2) is 9.37 Å². The third-order valence-electron chi connectivity index (χ3n) is 7.09. The molecule has 2 aliphatic rings. The number of ether oxygens (including phenoxy) is 1. The topological polar surface area (TPSA) is 104 Å². The van der Waals surface area contributed by atoms with Crippen LogP contribution < -0.4 is 10.1 Å². The number of aromatic amines is 1. The Kier molecular flexibility index (Phi) is 6.00. The van der Waals surface area contributed by atoms with Crippen LogP contribution in [0.5, 0.6) is 5.75 Å². The van der Waals surface area contributed by atoms with Crippen molar-refractivity contribution in [3.8, 4) is 5.75 Å². The summed E-state index contributed by atoms with van der Waals surface area (Å²) in [4.78, 5) is 48.7. The van der Waals surface area contributed by atoms with Crippen molar-refractivity contribution in [3.63, 3.8) is 0 Å². The summed E-state index contributed by atoms with van der Waals surface area (Å²) in [6, 6.07) is 11.1. The Labute approximate surface area is 201 Å². The van der Waals surface area contributed by atoms with Gasteiger partial charge in [-0.2, -0.15) is 0 Å². The molecular formula is C26H27FN4O4. The number of nitrogens with one attached hydrogen (secondary N) is 2. The Hall–Kier alpha value is -3.75. The fourth-order valence-corrected chi connectivity index (χ4v) is 5.31. The number of fused-ring (bicyclic) bond motifs is 1. The molecule has 8 nitrogen and oxygen atoms in total. The van der Waals surface area contributed by atoms with E-state index in [0.717, 1.165) is 25.7 Å². The summed E-state index contributed by atoms with van der Waals surface area (Å²) < 4.78 is 18.7. The van der Waals surface area contributed by atoms with Crippen LogP contribution in [0.15, 0.2) is 42.5 Å². The van der Waals surface area contributed by atoms with Gasteiger partial charge in [-0.05, 0) is 48.7 Å². The quantitative estimate of drug-likeness (QED) is 0.507. The number of nitrogens with zero attached hydrogens (tertiary/aromatic N) is 2. The number of amides is 3. The van der Waals surface area contributed by atoms with Crippen LogP contribution in [0.4, 0.5) is 4.39 Å². The molecule has 1 atom stereocenters. The van der Waals surface area contributed by atoms with Crippen molar-refractivity contribution in [1.82, 2.24) is 20.2 Å². The van der Waals surface area contributed by atoms with E-state index in [0.29, 0.717) is 28.2 Å². The van der Waals surface area contributed by atoms with Crippen LogP contribution in [0.25, 0.3) is 11.0 Å². The number of hydrogen-bond acceptors (Lipinski definition) is 5. The van der Waals surface area contributed by atoms with E-state index in [1.165, 1.54) is 17.0 Å². The van der Waals surface area contributed by atoms with E-state index in [2.05, 4.69) is 15.3 Å². The SMILES string of the molecule is COc1ccc([C@]2(CC(=O)NCc3nc4ccc(F)cc4[nH]3)CC(=O)N(C3CCCC3)C2=O)cc1. The molecule has 1 saturated heterocycles. The minimum absolute atomic E-state index is 0.0496. The van der Waals surface area contributed by atoms with Gasteiger partial charge in [0.2, 0.25) is 17.7 Å². The first-order valence-corrected chi connectivity index (χ1v) is 11.8. The fourth-order valence-electron chi connectivity index (χ4n) is 5.31. The standard InChI is InChI=1S/C26H27FN4O4/c1-35-19-9-6-16(7-10-19)26(14-24(33)31(25(26)34)18-4-2-3-5-18)13-23(32)28-15-22-29-20-11-8-17(27)12-21(20)30-22/h6-12,18H,2-5,13-15H2,1H3,(H,28,32)(H,29,30)/t26-/m0/s1. The summed E-state index contributed by atoms with van der Waals surface area (Å²) in [6.07, 6.45) is 3.36. The maximum atomic E-state index is 13.8. The highest BCUT2D eigenvalue weighted by molar-refractivity contribution is 6.11. The Morgan fingerprint density at radius 2 is 1.94 bits per heavy atom. The average Bonchev–Trinajstić information content (AvgIpc) is 3.56. The van der Waals surface area contributed by atoms with Gasteiger partial charge in [-0.3, -0.25) is 19.3 Å². The highest BCUT2D eigenvalue weighted by atomic mass is 19.1. The number of imide groups is 1. The first-order chi connectivity index (χ1) is 16.9. The molecule has 3 aromatic rings. The lowest BCUT2D eigenvalue weighted by molar-refractivity contribution is -0.143. The number of carbonyl (C=O) groups excluding carboxylic acids is 3. The minimum Gasteiger partial charge on any atom is -0.497 e. The van der Waals surface area contributed by atoms with Crippen molar-refractivity contribution in [3.05, 3.63) is 59.7 Å². The second kappa shape index (κ2) is 9.13. The highest BCUT2D eigenvalue weighted by Gasteiger charge is 2.55. The Balaban J connectivity index is 1.38. The molecule has 2 fully saturated rings. The molecule has 2 aromatic carbocycles. The van der Waals surface area contributed by atoms with Crippen LogP contribution in [0.1, 0.15) is 49.9 Å². The number of carbonyl (C=O) groups is 3. The zero-order chi connectivity index (χ0) is 24.6. The van der Waals surface area contributed by atoms with Gasteiger partial charge in [0.05, 0.1) is 30.1 Å². The summed E-state index contributed by atoms with van der Waals surface area (Å²) in [5.74, 6) is -0.201. The van der Waals surface area contributed by atoms with E-state index in [1.807, 2.05) is 0 Å². The van der Waals surface area contributed by atoms with Gasteiger partial charge >= 0.3 is 0 Å². The van der Waals surface area contributed by atoms with E-state index in [1.54, 1.807) is 37.4 Å². The molecule has 1 saturated carbocycles. The lowest BCUT2D eigenvalue weighted by Gasteiger charge is -2.29. The van der Waals surface area contributed by atoms with Crippen LogP contribution in [-0.2, 0) is 26.3 Å². The Morgan fingerprint density at radius 1 is 1.20 bits per heavy atom. The van der Waals surface area contributed by atoms with E-state index in [-0.39, 0.29) is 49.0 Å². The molecule has 35 heavy (non-hydrogen) atoms. The molecule has 0 unspecified atom stereocenters. The number of imidazole rings is 1. The van der Waals surface area contributed by atoms with Crippen molar-refractivity contribution in [2.75, 3.05) is 7.11 Å². The van der Waals surface area contributed by atoms with Crippen molar-refractivity contribution < 1.29 is 23.5 Å². The van der Waals surface area contributed by atoms with E-state index in [9.17, 15) is 18.8 Å². The summed E-state index contributed by atoms with van der Waals surface area (Å²) in [6.45, 7) is 0.0856. The van der Waals surface area contributed by atoms with Gasteiger partial charge in [0.25, 0.3) is 0 Å². The maximum Gasteiger partial charge on any atom is 0.241 e. The first-order valence-electron chi connectivity index (χ1n) is 11.8. The van der Waals surface area contributed by atoms with Crippen LogP contribution in [0.3, 0.4) is 0 Å². The number of halogens is 1. The third-order valence-corrected chi connectivity index (χ3v) is 7.09. The number of benzene rings is 2. The van der Waals surface area contributed by atoms with Crippen LogP contribution in [0, 0.1) is 5.82 Å². The monoisotopic (exact) mass is 478 g/mol. The number of aromatic nitrogens is 2. The van der Waals surface area contributed by atoms with Gasteiger partial charge in [0, 0.05) is 18.9 Å². The lowest BCUT2D eigenvalue weighted by atomic mass is 9.75. The first kappa shape index (κ1) is 23.0. The number of methoxy groups -OCH3 is 1. The predicted octanol–water partition coefficient (Wildman–Crippen LogP) is 3.36. The summed E-state index contributed by atoms with van der Waals surface area (Å²) in [5.41, 5.74) is 0.473. The molecule has 0 spiro atoms. The molecule has 1 aromatic heterocycles. The third kappa shape index (κ3) is 4.26. The van der Waals surface area contributed by atoms with E-state index >= 15 is 0 Å².